The topological polar surface area (TPSA) is 50.8 Å². The number of esters is 1. The van der Waals surface area contributed by atoms with E-state index in [0.717, 1.165) is 26.1 Å². The molecule has 1 aliphatic heterocycles. The minimum absolute atomic E-state index is 0.126. The Hall–Kier alpha value is -0.650. The lowest BCUT2D eigenvalue weighted by molar-refractivity contribution is -0.149. The van der Waals surface area contributed by atoms with Gasteiger partial charge >= 0.3 is 5.97 Å². The Morgan fingerprint density at radius 2 is 2.21 bits per heavy atom. The Bertz CT molecular complexity index is 320. The molecule has 0 saturated carbocycles. The van der Waals surface area contributed by atoms with Crippen LogP contribution in [0, 0.1) is 0 Å². The van der Waals surface area contributed by atoms with Gasteiger partial charge in [-0.25, -0.2) is 0 Å². The monoisotopic (exact) mass is 272 g/mol. The number of rotatable bonds is 5. The van der Waals surface area contributed by atoms with Crippen molar-refractivity contribution in [3.8, 4) is 0 Å². The van der Waals surface area contributed by atoms with Gasteiger partial charge in [0.25, 0.3) is 0 Å². The van der Waals surface area contributed by atoms with Gasteiger partial charge in [-0.1, -0.05) is 0 Å². The zero-order chi connectivity index (χ0) is 14.7. The molecule has 1 saturated heterocycles. The van der Waals surface area contributed by atoms with E-state index in [1.54, 1.807) is 7.05 Å². The van der Waals surface area contributed by atoms with Crippen molar-refractivity contribution in [1.82, 2.24) is 10.2 Å². The number of morpholine rings is 1. The maximum atomic E-state index is 11.8. The first-order chi connectivity index (χ1) is 8.72. The van der Waals surface area contributed by atoms with E-state index >= 15 is 0 Å². The molecule has 1 rings (SSSR count). The second kappa shape index (κ2) is 6.20. The Kier molecular flexibility index (Phi) is 5.35. The lowest BCUT2D eigenvalue weighted by Crippen LogP contribution is -2.55. The third-order valence-electron chi connectivity index (χ3n) is 3.76. The van der Waals surface area contributed by atoms with Crippen LogP contribution in [-0.4, -0.2) is 61.9 Å². The number of methoxy groups -OCH3 is 1. The van der Waals surface area contributed by atoms with Crippen LogP contribution >= 0.6 is 0 Å². The molecule has 112 valence electrons. The summed E-state index contributed by atoms with van der Waals surface area (Å²) in [5.41, 5.74) is -0.751. The molecule has 0 aromatic heterocycles. The van der Waals surface area contributed by atoms with Crippen LogP contribution in [-0.2, 0) is 14.3 Å². The van der Waals surface area contributed by atoms with Gasteiger partial charge in [0.15, 0.2) is 0 Å². The van der Waals surface area contributed by atoms with Crippen molar-refractivity contribution in [2.24, 2.45) is 0 Å². The SMILES string of the molecule is CNC(C)(CCN1CC(C)OC(C)(C)C1)C(=O)OC. The average molecular weight is 272 g/mol. The van der Waals surface area contributed by atoms with Crippen LogP contribution in [0.25, 0.3) is 0 Å². The quantitative estimate of drug-likeness (QED) is 0.758. The molecular formula is C14H28N2O3. The summed E-state index contributed by atoms with van der Waals surface area (Å²) in [4.78, 5) is 14.2. The number of likely N-dealkylation sites (N-methyl/N-ethyl adjacent to an activating group) is 1. The largest absolute Gasteiger partial charge is 0.468 e. The lowest BCUT2D eigenvalue weighted by Gasteiger charge is -2.42. The van der Waals surface area contributed by atoms with E-state index in [9.17, 15) is 4.79 Å². The summed E-state index contributed by atoms with van der Waals surface area (Å²) in [5.74, 6) is -0.212. The van der Waals surface area contributed by atoms with Gasteiger partial charge in [0.2, 0.25) is 0 Å². The molecular weight excluding hydrogens is 244 g/mol. The number of nitrogens with one attached hydrogen (secondary N) is 1. The van der Waals surface area contributed by atoms with Crippen LogP contribution in [0.2, 0.25) is 0 Å². The number of nitrogens with zero attached hydrogens (tertiary/aromatic N) is 1. The number of carbonyl (C=O) groups is 1. The van der Waals surface area contributed by atoms with Crippen LogP contribution in [0.4, 0.5) is 0 Å². The molecule has 0 aromatic carbocycles. The standard InChI is InChI=1S/C14H28N2O3/c1-11-9-16(10-13(2,3)19-11)8-7-14(4,15-5)12(17)18-6/h11,15H,7-10H2,1-6H3. The Labute approximate surface area is 116 Å². The van der Waals surface area contributed by atoms with Gasteiger partial charge < -0.3 is 14.8 Å². The van der Waals surface area contributed by atoms with Gasteiger partial charge in [0.1, 0.15) is 5.54 Å². The third-order valence-corrected chi connectivity index (χ3v) is 3.76. The van der Waals surface area contributed by atoms with E-state index in [1.165, 1.54) is 7.11 Å². The summed E-state index contributed by atoms with van der Waals surface area (Å²) in [6, 6.07) is 0. The second-order valence-corrected chi connectivity index (χ2v) is 6.25. The van der Waals surface area contributed by atoms with Gasteiger partial charge in [-0.05, 0) is 41.2 Å². The van der Waals surface area contributed by atoms with E-state index in [2.05, 4.69) is 31.0 Å². The number of hydrogen-bond acceptors (Lipinski definition) is 5. The van der Waals surface area contributed by atoms with Crippen LogP contribution in [0.5, 0.6) is 0 Å². The first kappa shape index (κ1) is 16.4. The molecule has 1 fully saturated rings. The first-order valence-corrected chi connectivity index (χ1v) is 6.90. The molecule has 19 heavy (non-hydrogen) atoms. The van der Waals surface area contributed by atoms with Crippen molar-refractivity contribution in [3.05, 3.63) is 0 Å². The summed E-state index contributed by atoms with van der Waals surface area (Å²) in [5, 5.41) is 3.07. The zero-order valence-corrected chi connectivity index (χ0v) is 13.1. The molecule has 5 heteroatoms. The molecule has 1 heterocycles. The zero-order valence-electron chi connectivity index (χ0n) is 13.1. The van der Waals surface area contributed by atoms with Crippen molar-refractivity contribution >= 4 is 5.97 Å². The van der Waals surface area contributed by atoms with Crippen LogP contribution in [0.1, 0.15) is 34.1 Å². The molecule has 0 radical (unpaired) electrons. The van der Waals surface area contributed by atoms with E-state index in [-0.39, 0.29) is 17.7 Å². The van der Waals surface area contributed by atoms with Crippen molar-refractivity contribution < 1.29 is 14.3 Å². The number of ether oxygens (including phenoxy) is 2. The maximum Gasteiger partial charge on any atom is 0.325 e. The average Bonchev–Trinajstić information content (AvgIpc) is 2.32. The molecule has 0 aliphatic carbocycles. The highest BCUT2D eigenvalue weighted by molar-refractivity contribution is 5.80. The summed E-state index contributed by atoms with van der Waals surface area (Å²) in [6.45, 7) is 10.8. The van der Waals surface area contributed by atoms with E-state index in [0.29, 0.717) is 0 Å². The summed E-state index contributed by atoms with van der Waals surface area (Å²) >= 11 is 0. The fraction of sp³-hybridized carbons (Fsp3) is 0.929. The first-order valence-electron chi connectivity index (χ1n) is 6.90. The minimum atomic E-state index is -0.625. The third kappa shape index (κ3) is 4.44. The van der Waals surface area contributed by atoms with E-state index in [4.69, 9.17) is 9.47 Å². The van der Waals surface area contributed by atoms with E-state index < -0.39 is 5.54 Å². The Morgan fingerprint density at radius 3 is 2.68 bits per heavy atom. The van der Waals surface area contributed by atoms with Gasteiger partial charge in [-0.15, -0.1) is 0 Å². The van der Waals surface area contributed by atoms with E-state index in [1.807, 2.05) is 6.92 Å². The molecule has 2 atom stereocenters. The molecule has 0 bridgehead atoms. The highest BCUT2D eigenvalue weighted by Gasteiger charge is 2.35. The fourth-order valence-corrected chi connectivity index (χ4v) is 2.69. The predicted molar refractivity (Wildman–Crippen MR) is 75.2 cm³/mol. The van der Waals surface area contributed by atoms with Crippen molar-refractivity contribution in [2.45, 2.75) is 51.4 Å². The Morgan fingerprint density at radius 1 is 1.58 bits per heavy atom. The van der Waals surface area contributed by atoms with Crippen LogP contribution in [0.15, 0.2) is 0 Å². The van der Waals surface area contributed by atoms with Crippen LogP contribution in [0.3, 0.4) is 0 Å². The molecule has 0 aromatic rings. The molecule has 0 spiro atoms. The van der Waals surface area contributed by atoms with Crippen molar-refractivity contribution in [1.29, 1.82) is 0 Å². The lowest BCUT2D eigenvalue weighted by atomic mass is 9.96. The van der Waals surface area contributed by atoms with Crippen molar-refractivity contribution in [2.75, 3.05) is 33.8 Å². The smallest absolute Gasteiger partial charge is 0.325 e. The summed E-state index contributed by atoms with van der Waals surface area (Å²) in [7, 11) is 3.22. The predicted octanol–water partition coefficient (Wildman–Crippen LogP) is 1.03. The minimum Gasteiger partial charge on any atom is -0.468 e. The van der Waals surface area contributed by atoms with Gasteiger partial charge in [-0.3, -0.25) is 9.69 Å². The Balaban J connectivity index is 2.57. The van der Waals surface area contributed by atoms with Gasteiger partial charge in [-0.2, -0.15) is 0 Å². The highest BCUT2D eigenvalue weighted by atomic mass is 16.5. The second-order valence-electron chi connectivity index (χ2n) is 6.25. The van der Waals surface area contributed by atoms with Gasteiger partial charge in [0.05, 0.1) is 18.8 Å². The molecule has 5 nitrogen and oxygen atoms in total. The number of hydrogen-bond donors (Lipinski definition) is 1. The molecule has 1 N–H and O–H groups in total. The highest BCUT2D eigenvalue weighted by Crippen LogP contribution is 2.22. The summed E-state index contributed by atoms with van der Waals surface area (Å²) < 4.78 is 10.7. The van der Waals surface area contributed by atoms with Crippen LogP contribution < -0.4 is 5.32 Å². The maximum absolute atomic E-state index is 11.8. The fourth-order valence-electron chi connectivity index (χ4n) is 2.69. The van der Waals surface area contributed by atoms with Gasteiger partial charge in [0, 0.05) is 19.6 Å². The molecule has 2 unspecified atom stereocenters. The molecule has 1 aliphatic rings. The van der Waals surface area contributed by atoms with Crippen molar-refractivity contribution in [3.63, 3.8) is 0 Å². The number of carbonyl (C=O) groups excluding carboxylic acids is 1. The summed E-state index contributed by atoms with van der Waals surface area (Å²) in [6.07, 6.45) is 0.946. The normalized spacial score (nSPS) is 26.7. The molecule has 0 amide bonds.